The van der Waals surface area contributed by atoms with Gasteiger partial charge in [0.05, 0.1) is 13.2 Å². The number of rotatable bonds is 6. The van der Waals surface area contributed by atoms with Crippen LogP contribution in [0.3, 0.4) is 0 Å². The minimum Gasteiger partial charge on any atom is -0.497 e. The Kier molecular flexibility index (Phi) is 4.80. The first kappa shape index (κ1) is 13.3. The van der Waals surface area contributed by atoms with E-state index in [1.165, 1.54) is 0 Å². The van der Waals surface area contributed by atoms with E-state index in [0.717, 1.165) is 11.4 Å². The van der Waals surface area contributed by atoms with Crippen molar-refractivity contribution in [3.05, 3.63) is 24.3 Å². The first-order chi connectivity index (χ1) is 8.13. The largest absolute Gasteiger partial charge is 0.497 e. The van der Waals surface area contributed by atoms with Crippen molar-refractivity contribution in [3.63, 3.8) is 0 Å². The van der Waals surface area contributed by atoms with Gasteiger partial charge < -0.3 is 14.8 Å². The Bertz CT molecular complexity index is 383. The van der Waals surface area contributed by atoms with Crippen molar-refractivity contribution in [1.82, 2.24) is 0 Å². The van der Waals surface area contributed by atoms with E-state index < -0.39 is 5.54 Å². The van der Waals surface area contributed by atoms with E-state index in [0.29, 0.717) is 13.0 Å². The summed E-state index contributed by atoms with van der Waals surface area (Å²) in [6, 6.07) is 9.76. The molecule has 1 aromatic carbocycles. The van der Waals surface area contributed by atoms with Crippen LogP contribution in [-0.2, 0) is 4.74 Å². The zero-order chi connectivity index (χ0) is 12.7. The number of methoxy groups -OCH3 is 2. The second-order valence-electron chi connectivity index (χ2n) is 4.04. The van der Waals surface area contributed by atoms with Crippen LogP contribution in [0.1, 0.15) is 13.3 Å². The second kappa shape index (κ2) is 6.12. The Morgan fingerprint density at radius 2 is 1.94 bits per heavy atom. The lowest BCUT2D eigenvalue weighted by Crippen LogP contribution is -2.34. The molecule has 0 saturated carbocycles. The summed E-state index contributed by atoms with van der Waals surface area (Å²) in [6.45, 7) is 2.41. The Hall–Kier alpha value is -1.73. The fourth-order valence-corrected chi connectivity index (χ4v) is 1.45. The fraction of sp³-hybridized carbons (Fsp3) is 0.462. The molecule has 0 aromatic heterocycles. The number of nitrogens with zero attached hydrogens (tertiary/aromatic N) is 1. The van der Waals surface area contributed by atoms with Gasteiger partial charge in [0.2, 0.25) is 0 Å². The lowest BCUT2D eigenvalue weighted by atomic mass is 10.00. The number of nitriles is 1. The van der Waals surface area contributed by atoms with Gasteiger partial charge in [-0.25, -0.2) is 0 Å². The van der Waals surface area contributed by atoms with E-state index in [4.69, 9.17) is 9.47 Å². The maximum Gasteiger partial charge on any atom is 0.124 e. The summed E-state index contributed by atoms with van der Waals surface area (Å²) < 4.78 is 10.1. The summed E-state index contributed by atoms with van der Waals surface area (Å²) >= 11 is 0. The molecule has 1 unspecified atom stereocenters. The molecule has 1 rings (SSSR count). The molecule has 0 heterocycles. The zero-order valence-corrected chi connectivity index (χ0v) is 10.5. The van der Waals surface area contributed by atoms with Crippen LogP contribution in [0.15, 0.2) is 24.3 Å². The molecule has 0 aliphatic rings. The van der Waals surface area contributed by atoms with Gasteiger partial charge in [-0.15, -0.1) is 0 Å². The summed E-state index contributed by atoms with van der Waals surface area (Å²) in [6.07, 6.45) is 0.631. The zero-order valence-electron chi connectivity index (χ0n) is 10.5. The van der Waals surface area contributed by atoms with Crippen molar-refractivity contribution in [2.45, 2.75) is 18.9 Å². The molecule has 0 bridgehead atoms. The molecular formula is C13H18N2O2. The van der Waals surface area contributed by atoms with E-state index in [-0.39, 0.29) is 0 Å². The summed E-state index contributed by atoms with van der Waals surface area (Å²) in [5.41, 5.74) is 0.274. The summed E-state index contributed by atoms with van der Waals surface area (Å²) in [7, 11) is 3.26. The number of nitrogens with one attached hydrogen (secondary N) is 1. The van der Waals surface area contributed by atoms with Crippen LogP contribution in [0.5, 0.6) is 5.75 Å². The quantitative estimate of drug-likeness (QED) is 0.821. The second-order valence-corrected chi connectivity index (χ2v) is 4.04. The molecule has 0 saturated heterocycles. The maximum atomic E-state index is 9.18. The van der Waals surface area contributed by atoms with E-state index in [2.05, 4.69) is 11.4 Å². The Labute approximate surface area is 102 Å². The minimum absolute atomic E-state index is 0.549. The molecule has 0 radical (unpaired) electrons. The SMILES string of the molecule is COCCC(C)(C#N)Nc1ccc(OC)cc1. The Morgan fingerprint density at radius 3 is 2.41 bits per heavy atom. The highest BCUT2D eigenvalue weighted by Crippen LogP contribution is 2.20. The van der Waals surface area contributed by atoms with Crippen LogP contribution in [0, 0.1) is 11.3 Å². The predicted molar refractivity (Wildman–Crippen MR) is 67.1 cm³/mol. The number of anilines is 1. The molecule has 1 atom stereocenters. The molecule has 0 fully saturated rings. The van der Waals surface area contributed by atoms with Crippen molar-refractivity contribution < 1.29 is 9.47 Å². The summed E-state index contributed by atoms with van der Waals surface area (Å²) in [5, 5.41) is 12.4. The summed E-state index contributed by atoms with van der Waals surface area (Å²) in [4.78, 5) is 0. The van der Waals surface area contributed by atoms with Crippen molar-refractivity contribution in [1.29, 1.82) is 5.26 Å². The highest BCUT2D eigenvalue weighted by atomic mass is 16.5. The average molecular weight is 234 g/mol. The van der Waals surface area contributed by atoms with E-state index in [9.17, 15) is 5.26 Å². The lowest BCUT2D eigenvalue weighted by Gasteiger charge is -2.24. The molecule has 4 nitrogen and oxygen atoms in total. The predicted octanol–water partition coefficient (Wildman–Crippen LogP) is 2.43. The molecule has 0 amide bonds. The Balaban J connectivity index is 2.70. The van der Waals surface area contributed by atoms with Gasteiger partial charge in [-0.2, -0.15) is 5.26 Å². The minimum atomic E-state index is -0.620. The first-order valence-corrected chi connectivity index (χ1v) is 5.46. The molecule has 17 heavy (non-hydrogen) atoms. The normalized spacial score (nSPS) is 13.5. The lowest BCUT2D eigenvalue weighted by molar-refractivity contribution is 0.184. The molecular weight excluding hydrogens is 216 g/mol. The molecule has 0 aliphatic heterocycles. The van der Waals surface area contributed by atoms with Crippen LogP contribution in [-0.4, -0.2) is 26.4 Å². The molecule has 0 aliphatic carbocycles. The first-order valence-electron chi connectivity index (χ1n) is 5.46. The van der Waals surface area contributed by atoms with Gasteiger partial charge in [-0.3, -0.25) is 0 Å². The number of ether oxygens (including phenoxy) is 2. The van der Waals surface area contributed by atoms with E-state index in [1.807, 2.05) is 31.2 Å². The van der Waals surface area contributed by atoms with Gasteiger partial charge in [-0.1, -0.05) is 0 Å². The highest BCUT2D eigenvalue weighted by molar-refractivity contribution is 5.49. The van der Waals surface area contributed by atoms with Crippen LogP contribution in [0.25, 0.3) is 0 Å². The molecule has 0 spiro atoms. The van der Waals surface area contributed by atoms with Crippen LogP contribution in [0.4, 0.5) is 5.69 Å². The molecule has 1 N–H and O–H groups in total. The highest BCUT2D eigenvalue weighted by Gasteiger charge is 2.22. The summed E-state index contributed by atoms with van der Waals surface area (Å²) in [5.74, 6) is 0.797. The Morgan fingerprint density at radius 1 is 1.29 bits per heavy atom. The third-order valence-corrected chi connectivity index (χ3v) is 2.56. The van der Waals surface area contributed by atoms with Crippen molar-refractivity contribution in [2.75, 3.05) is 26.1 Å². The van der Waals surface area contributed by atoms with Crippen molar-refractivity contribution in [2.24, 2.45) is 0 Å². The average Bonchev–Trinajstić information content (AvgIpc) is 2.37. The molecule has 1 aromatic rings. The van der Waals surface area contributed by atoms with Crippen LogP contribution in [0.2, 0.25) is 0 Å². The van der Waals surface area contributed by atoms with Gasteiger partial charge in [0.1, 0.15) is 11.3 Å². The van der Waals surface area contributed by atoms with Gasteiger partial charge in [0, 0.05) is 25.8 Å². The number of hydrogen-bond donors (Lipinski definition) is 1. The number of benzene rings is 1. The van der Waals surface area contributed by atoms with Gasteiger partial charge in [0.25, 0.3) is 0 Å². The van der Waals surface area contributed by atoms with E-state index >= 15 is 0 Å². The van der Waals surface area contributed by atoms with Gasteiger partial charge >= 0.3 is 0 Å². The van der Waals surface area contributed by atoms with Crippen LogP contribution < -0.4 is 10.1 Å². The molecule has 4 heteroatoms. The maximum absolute atomic E-state index is 9.18. The number of hydrogen-bond acceptors (Lipinski definition) is 4. The molecule has 92 valence electrons. The van der Waals surface area contributed by atoms with Crippen LogP contribution >= 0.6 is 0 Å². The fourth-order valence-electron chi connectivity index (χ4n) is 1.45. The smallest absolute Gasteiger partial charge is 0.124 e. The third-order valence-electron chi connectivity index (χ3n) is 2.56. The van der Waals surface area contributed by atoms with Crippen molar-refractivity contribution in [3.8, 4) is 11.8 Å². The van der Waals surface area contributed by atoms with Gasteiger partial charge in [-0.05, 0) is 31.2 Å². The van der Waals surface area contributed by atoms with Gasteiger partial charge in [0.15, 0.2) is 0 Å². The third kappa shape index (κ3) is 3.97. The standard InChI is InChI=1S/C13H18N2O2/c1-13(10-14,8-9-16-2)15-11-4-6-12(17-3)7-5-11/h4-7,15H,8-9H2,1-3H3. The van der Waals surface area contributed by atoms with E-state index in [1.54, 1.807) is 14.2 Å². The van der Waals surface area contributed by atoms with Crippen molar-refractivity contribution >= 4 is 5.69 Å². The topological polar surface area (TPSA) is 54.3 Å². The monoisotopic (exact) mass is 234 g/mol.